The molecule has 0 bridgehead atoms. The van der Waals surface area contributed by atoms with Crippen molar-refractivity contribution >= 4 is 17.7 Å². The van der Waals surface area contributed by atoms with Gasteiger partial charge < -0.3 is 15.1 Å². The van der Waals surface area contributed by atoms with Crippen molar-refractivity contribution in [1.29, 1.82) is 0 Å². The van der Waals surface area contributed by atoms with Crippen molar-refractivity contribution in [2.24, 2.45) is 0 Å². The van der Waals surface area contributed by atoms with Gasteiger partial charge in [-0.05, 0) is 64.6 Å². The van der Waals surface area contributed by atoms with Gasteiger partial charge in [-0.25, -0.2) is 19.6 Å². The van der Waals surface area contributed by atoms with Crippen LogP contribution in [0.2, 0.25) is 0 Å². The van der Waals surface area contributed by atoms with E-state index in [1.54, 1.807) is 4.90 Å². The standard InChI is InChI=1S/C26H33N5O4/c1-29(2)26(19-7-4-3-5-8-19)13-11-24(12-14-26)17-30(20-15-27-21(22(32)33)28-16-20)23(34)31(24)18-25(35)9-6-10-25/h3-5,7-8,15-16,35H,6,9-14,17-18H2,1-2H3,(H,32,33). The molecular weight excluding hydrogens is 446 g/mol. The molecule has 0 unspecified atom stereocenters. The summed E-state index contributed by atoms with van der Waals surface area (Å²) < 4.78 is 0. The van der Waals surface area contributed by atoms with Crippen molar-refractivity contribution in [3.8, 4) is 0 Å². The van der Waals surface area contributed by atoms with Gasteiger partial charge in [0.15, 0.2) is 0 Å². The Morgan fingerprint density at radius 3 is 2.17 bits per heavy atom. The number of anilines is 1. The van der Waals surface area contributed by atoms with Crippen LogP contribution >= 0.6 is 0 Å². The molecule has 5 rings (SSSR count). The number of hydrogen-bond acceptors (Lipinski definition) is 6. The third-order valence-electron chi connectivity index (χ3n) is 8.54. The number of aliphatic hydroxyl groups is 1. The van der Waals surface area contributed by atoms with Crippen LogP contribution in [0.25, 0.3) is 0 Å². The smallest absolute Gasteiger partial charge is 0.373 e. The number of hydrogen-bond donors (Lipinski definition) is 2. The van der Waals surface area contributed by atoms with Crippen molar-refractivity contribution < 1.29 is 19.8 Å². The lowest BCUT2D eigenvalue weighted by molar-refractivity contribution is -0.0725. The summed E-state index contributed by atoms with van der Waals surface area (Å²) in [5, 5.41) is 20.2. The van der Waals surface area contributed by atoms with Crippen molar-refractivity contribution in [2.45, 2.75) is 61.6 Å². The molecule has 2 amide bonds. The molecule has 0 atom stereocenters. The third kappa shape index (κ3) is 3.96. The Morgan fingerprint density at radius 1 is 1.03 bits per heavy atom. The number of β-amino-alcohol motifs (C(OH)–C–C–N with tert-alkyl or cyclic N) is 1. The van der Waals surface area contributed by atoms with Crippen LogP contribution in [0.1, 0.15) is 61.1 Å². The lowest BCUT2D eigenvalue weighted by Crippen LogP contribution is -2.59. The molecule has 9 heteroatoms. The maximum atomic E-state index is 13.7. The van der Waals surface area contributed by atoms with Crippen molar-refractivity contribution in [3.05, 3.63) is 54.1 Å². The van der Waals surface area contributed by atoms with Gasteiger partial charge in [-0.3, -0.25) is 9.80 Å². The highest BCUT2D eigenvalue weighted by Crippen LogP contribution is 2.50. The van der Waals surface area contributed by atoms with Gasteiger partial charge in [0, 0.05) is 5.54 Å². The maximum Gasteiger partial charge on any atom is 0.373 e. The van der Waals surface area contributed by atoms with E-state index in [1.807, 2.05) is 11.0 Å². The number of carbonyl (C=O) groups is 2. The largest absolute Gasteiger partial charge is 0.475 e. The van der Waals surface area contributed by atoms with Crippen LogP contribution in [0.4, 0.5) is 10.5 Å². The molecule has 2 heterocycles. The van der Waals surface area contributed by atoms with Crippen LogP contribution in [0.3, 0.4) is 0 Å². The number of benzene rings is 1. The van der Waals surface area contributed by atoms with Gasteiger partial charge in [0.25, 0.3) is 0 Å². The third-order valence-corrected chi connectivity index (χ3v) is 8.54. The van der Waals surface area contributed by atoms with Crippen LogP contribution in [0, 0.1) is 0 Å². The highest BCUT2D eigenvalue weighted by atomic mass is 16.4. The predicted molar refractivity (Wildman–Crippen MR) is 130 cm³/mol. The first kappa shape index (κ1) is 23.7. The normalized spacial score (nSPS) is 27.9. The highest BCUT2D eigenvalue weighted by molar-refractivity contribution is 5.95. The molecule has 1 aliphatic heterocycles. The van der Waals surface area contributed by atoms with E-state index in [0.717, 1.165) is 32.1 Å². The first-order valence-electron chi connectivity index (χ1n) is 12.3. The Balaban J connectivity index is 1.46. The molecular formula is C26H33N5O4. The fourth-order valence-electron chi connectivity index (χ4n) is 6.14. The molecule has 2 saturated carbocycles. The summed E-state index contributed by atoms with van der Waals surface area (Å²) in [7, 11) is 4.24. The zero-order valence-electron chi connectivity index (χ0n) is 20.4. The second kappa shape index (κ2) is 8.57. The van der Waals surface area contributed by atoms with Crippen LogP contribution < -0.4 is 4.90 Å². The minimum Gasteiger partial charge on any atom is -0.475 e. The lowest BCUT2D eigenvalue weighted by Gasteiger charge is -2.52. The molecule has 2 aliphatic carbocycles. The Bertz CT molecular complexity index is 1090. The molecule has 1 spiro atoms. The molecule has 2 N–H and O–H groups in total. The monoisotopic (exact) mass is 479 g/mol. The topological polar surface area (TPSA) is 110 Å². The van der Waals surface area contributed by atoms with E-state index in [9.17, 15) is 14.7 Å². The summed E-state index contributed by atoms with van der Waals surface area (Å²) >= 11 is 0. The number of urea groups is 1. The SMILES string of the molecule is CN(C)C1(c2ccccc2)CCC2(CC1)CN(c1cnc(C(=O)O)nc1)C(=O)N2CC1(O)CCC1. The van der Waals surface area contributed by atoms with Gasteiger partial charge >= 0.3 is 12.0 Å². The van der Waals surface area contributed by atoms with E-state index < -0.39 is 17.1 Å². The number of aromatic carboxylic acids is 1. The Labute approximate surface area is 205 Å². The van der Waals surface area contributed by atoms with E-state index >= 15 is 0 Å². The van der Waals surface area contributed by atoms with Gasteiger partial charge in [-0.2, -0.15) is 0 Å². The Morgan fingerprint density at radius 2 is 1.66 bits per heavy atom. The zero-order chi connectivity index (χ0) is 24.8. The van der Waals surface area contributed by atoms with Gasteiger partial charge in [0.2, 0.25) is 5.82 Å². The Kier molecular flexibility index (Phi) is 5.80. The van der Waals surface area contributed by atoms with Gasteiger partial charge in [0.05, 0.1) is 42.3 Å². The number of aromatic nitrogens is 2. The summed E-state index contributed by atoms with van der Waals surface area (Å²) in [6.07, 6.45) is 8.55. The molecule has 35 heavy (non-hydrogen) atoms. The van der Waals surface area contributed by atoms with Crippen LogP contribution in [-0.2, 0) is 5.54 Å². The first-order chi connectivity index (χ1) is 16.7. The molecule has 1 aromatic heterocycles. The van der Waals surface area contributed by atoms with Gasteiger partial charge in [-0.15, -0.1) is 0 Å². The van der Waals surface area contributed by atoms with Crippen molar-refractivity contribution in [3.63, 3.8) is 0 Å². The van der Waals surface area contributed by atoms with Crippen LogP contribution in [0.5, 0.6) is 0 Å². The van der Waals surface area contributed by atoms with E-state index in [2.05, 4.69) is 53.2 Å². The average Bonchev–Trinajstić information content (AvgIpc) is 3.10. The molecule has 1 saturated heterocycles. The summed E-state index contributed by atoms with van der Waals surface area (Å²) in [5.41, 5.74) is 0.395. The molecule has 1 aromatic carbocycles. The minimum atomic E-state index is -1.21. The van der Waals surface area contributed by atoms with E-state index in [4.69, 9.17) is 5.11 Å². The predicted octanol–water partition coefficient (Wildman–Crippen LogP) is 3.10. The second-order valence-electron chi connectivity index (χ2n) is 10.6. The van der Waals surface area contributed by atoms with Crippen molar-refractivity contribution in [2.75, 3.05) is 32.1 Å². The van der Waals surface area contributed by atoms with Gasteiger partial charge in [-0.1, -0.05) is 30.3 Å². The lowest BCUT2D eigenvalue weighted by atomic mass is 9.67. The molecule has 186 valence electrons. The molecule has 0 radical (unpaired) electrons. The number of carboxylic acids is 1. The van der Waals surface area contributed by atoms with E-state index in [0.29, 0.717) is 31.6 Å². The van der Waals surface area contributed by atoms with Gasteiger partial charge in [0.1, 0.15) is 0 Å². The van der Waals surface area contributed by atoms with E-state index in [-0.39, 0.29) is 17.4 Å². The summed E-state index contributed by atoms with van der Waals surface area (Å²) in [6, 6.07) is 10.4. The number of amides is 2. The quantitative estimate of drug-likeness (QED) is 0.655. The summed E-state index contributed by atoms with van der Waals surface area (Å²) in [5.74, 6) is -1.50. The molecule has 2 aromatic rings. The summed E-state index contributed by atoms with van der Waals surface area (Å²) in [4.78, 5) is 38.6. The number of carbonyl (C=O) groups excluding carboxylic acids is 1. The maximum absolute atomic E-state index is 13.7. The zero-order valence-corrected chi connectivity index (χ0v) is 20.4. The van der Waals surface area contributed by atoms with E-state index in [1.165, 1.54) is 18.0 Å². The molecule has 3 aliphatic rings. The second-order valence-corrected chi connectivity index (χ2v) is 10.6. The molecule has 3 fully saturated rings. The first-order valence-corrected chi connectivity index (χ1v) is 12.3. The van der Waals surface area contributed by atoms with Crippen LogP contribution in [-0.4, -0.2) is 80.3 Å². The number of rotatable bonds is 6. The minimum absolute atomic E-state index is 0.117. The molecule has 9 nitrogen and oxygen atoms in total. The number of nitrogens with zero attached hydrogens (tertiary/aromatic N) is 5. The average molecular weight is 480 g/mol. The summed E-state index contributed by atoms with van der Waals surface area (Å²) in [6.45, 7) is 0.784. The fourth-order valence-corrected chi connectivity index (χ4v) is 6.14. The fraction of sp³-hybridized carbons (Fsp3) is 0.538. The highest BCUT2D eigenvalue weighted by Gasteiger charge is 2.56. The Hall–Kier alpha value is -3.04. The van der Waals surface area contributed by atoms with Crippen LogP contribution in [0.15, 0.2) is 42.7 Å². The van der Waals surface area contributed by atoms with Crippen molar-refractivity contribution in [1.82, 2.24) is 19.8 Å². The number of carboxylic acid groups (broad SMARTS) is 1.